The highest BCUT2D eigenvalue weighted by atomic mass is 16.5. The summed E-state index contributed by atoms with van der Waals surface area (Å²) in [5.41, 5.74) is 1.99. The van der Waals surface area contributed by atoms with Crippen LogP contribution in [0.15, 0.2) is 36.7 Å². The maximum Gasteiger partial charge on any atom is 0.275 e. The summed E-state index contributed by atoms with van der Waals surface area (Å²) < 4.78 is 5.83. The van der Waals surface area contributed by atoms with Gasteiger partial charge in [0.15, 0.2) is 5.69 Å². The largest absolute Gasteiger partial charge is 0.372 e. The zero-order valence-electron chi connectivity index (χ0n) is 13.8. The third kappa shape index (κ3) is 2.80. The van der Waals surface area contributed by atoms with Crippen molar-refractivity contribution in [3.05, 3.63) is 48.0 Å². The molecule has 0 radical (unpaired) electrons. The quantitative estimate of drug-likeness (QED) is 0.753. The van der Waals surface area contributed by atoms with E-state index in [-0.39, 0.29) is 12.0 Å². The monoisotopic (exact) mass is 338 g/mol. The topological polar surface area (TPSA) is 96.0 Å². The number of amides is 1. The number of benzene rings is 1. The molecule has 1 fully saturated rings. The number of nitrogens with one attached hydrogen (secondary N) is 2. The Hall–Kier alpha value is -3.00. The maximum absolute atomic E-state index is 12.9. The van der Waals surface area contributed by atoms with Crippen molar-refractivity contribution in [1.82, 2.24) is 25.1 Å². The number of nitrogens with zero attached hydrogens (tertiary/aromatic N) is 4. The van der Waals surface area contributed by atoms with E-state index < -0.39 is 0 Å². The molecular weight excluding hydrogens is 320 g/mol. The van der Waals surface area contributed by atoms with E-state index >= 15 is 0 Å². The molecule has 1 amide bonds. The minimum absolute atomic E-state index is 0.111. The average Bonchev–Trinajstić information content (AvgIpc) is 3.11. The number of hydrogen-bond donors (Lipinski definition) is 2. The van der Waals surface area contributed by atoms with Gasteiger partial charge in [0.25, 0.3) is 5.91 Å². The number of hydrogen-bond acceptors (Lipinski definition) is 6. The van der Waals surface area contributed by atoms with E-state index in [2.05, 4.69) is 25.5 Å². The molecule has 8 nitrogen and oxygen atoms in total. The summed E-state index contributed by atoms with van der Waals surface area (Å²) in [5, 5.41) is 11.0. The number of ether oxygens (including phenoxy) is 1. The first-order chi connectivity index (χ1) is 12.3. The number of rotatable bonds is 3. The van der Waals surface area contributed by atoms with Crippen molar-refractivity contribution in [3.8, 4) is 0 Å². The van der Waals surface area contributed by atoms with Gasteiger partial charge in [0.1, 0.15) is 17.6 Å². The molecule has 0 unspecified atom stereocenters. The Bertz CT molecular complexity index is 909. The van der Waals surface area contributed by atoms with Gasteiger partial charge in [-0.3, -0.25) is 14.9 Å². The Morgan fingerprint density at radius 3 is 3.04 bits per heavy atom. The summed E-state index contributed by atoms with van der Waals surface area (Å²) in [4.78, 5) is 23.3. The van der Waals surface area contributed by atoms with Crippen LogP contribution in [0.5, 0.6) is 0 Å². The van der Waals surface area contributed by atoms with Gasteiger partial charge in [-0.2, -0.15) is 5.10 Å². The van der Waals surface area contributed by atoms with Gasteiger partial charge in [0.2, 0.25) is 0 Å². The van der Waals surface area contributed by atoms with Gasteiger partial charge in [-0.1, -0.05) is 18.2 Å². The van der Waals surface area contributed by atoms with Crippen molar-refractivity contribution in [2.24, 2.45) is 0 Å². The van der Waals surface area contributed by atoms with E-state index in [0.717, 1.165) is 10.9 Å². The van der Waals surface area contributed by atoms with Crippen LogP contribution in [-0.2, 0) is 4.74 Å². The molecule has 1 aliphatic heterocycles. The molecule has 0 saturated carbocycles. The second kappa shape index (κ2) is 6.48. The lowest BCUT2D eigenvalue weighted by Gasteiger charge is -2.32. The van der Waals surface area contributed by atoms with Gasteiger partial charge in [-0.15, -0.1) is 0 Å². The fourth-order valence-corrected chi connectivity index (χ4v) is 3.05. The van der Waals surface area contributed by atoms with Crippen LogP contribution in [0, 0.1) is 0 Å². The van der Waals surface area contributed by atoms with Gasteiger partial charge < -0.3 is 15.0 Å². The van der Waals surface area contributed by atoms with Crippen LogP contribution >= 0.6 is 0 Å². The van der Waals surface area contributed by atoms with Gasteiger partial charge in [-0.25, -0.2) is 4.98 Å². The third-order valence-electron chi connectivity index (χ3n) is 4.29. The minimum atomic E-state index is -0.320. The van der Waals surface area contributed by atoms with Crippen molar-refractivity contribution in [3.63, 3.8) is 0 Å². The normalized spacial score (nSPS) is 17.6. The number of morpholine rings is 1. The highest BCUT2D eigenvalue weighted by Crippen LogP contribution is 2.26. The van der Waals surface area contributed by atoms with Gasteiger partial charge in [0.05, 0.1) is 18.7 Å². The molecule has 3 aromatic rings. The third-order valence-corrected chi connectivity index (χ3v) is 4.29. The van der Waals surface area contributed by atoms with Crippen LogP contribution in [0.2, 0.25) is 0 Å². The second-order valence-corrected chi connectivity index (χ2v) is 5.77. The van der Waals surface area contributed by atoms with E-state index in [0.29, 0.717) is 36.9 Å². The number of carbonyl (C=O) groups is 1. The first-order valence-corrected chi connectivity index (χ1v) is 8.10. The molecule has 128 valence electrons. The summed E-state index contributed by atoms with van der Waals surface area (Å²) in [7, 11) is 1.79. The van der Waals surface area contributed by atoms with Crippen molar-refractivity contribution in [2.75, 3.05) is 32.1 Å². The lowest BCUT2D eigenvalue weighted by molar-refractivity contribution is -0.0246. The summed E-state index contributed by atoms with van der Waals surface area (Å²) in [5.74, 6) is 0.549. The van der Waals surface area contributed by atoms with E-state index in [1.165, 1.54) is 0 Å². The molecule has 0 spiro atoms. The maximum atomic E-state index is 12.9. The second-order valence-electron chi connectivity index (χ2n) is 5.77. The van der Waals surface area contributed by atoms with E-state index in [1.807, 2.05) is 24.3 Å². The number of H-pyrrole nitrogens is 1. The smallest absolute Gasteiger partial charge is 0.275 e. The standard InChI is InChI=1S/C17H18N6O2/c1-18-16-15(19-6-7-20-16)13-10-23(8-9-25-13)17(24)14-11-4-2-3-5-12(11)21-22-14/h2-7,13H,8-10H2,1H3,(H,18,20)(H,21,22)/t13-/m1/s1. The fraction of sp³-hybridized carbons (Fsp3) is 0.294. The number of fused-ring (bicyclic) bond motifs is 1. The molecular formula is C17H18N6O2. The summed E-state index contributed by atoms with van der Waals surface area (Å²) in [6.07, 6.45) is 2.93. The SMILES string of the molecule is CNc1nccnc1[C@H]1CN(C(=O)c2n[nH]c3ccccc23)CCO1. The van der Waals surface area contributed by atoms with Crippen molar-refractivity contribution in [1.29, 1.82) is 0 Å². The van der Waals surface area contributed by atoms with Crippen LogP contribution < -0.4 is 5.32 Å². The molecule has 2 aromatic heterocycles. The molecule has 8 heteroatoms. The predicted molar refractivity (Wildman–Crippen MR) is 92.3 cm³/mol. The van der Waals surface area contributed by atoms with Crippen LogP contribution in [-0.4, -0.2) is 57.7 Å². The van der Waals surface area contributed by atoms with Crippen LogP contribution in [0.25, 0.3) is 10.9 Å². The molecule has 4 rings (SSSR count). The lowest BCUT2D eigenvalue weighted by Crippen LogP contribution is -2.42. The number of aromatic nitrogens is 4. The minimum Gasteiger partial charge on any atom is -0.372 e. The Morgan fingerprint density at radius 2 is 2.16 bits per heavy atom. The van der Waals surface area contributed by atoms with E-state index in [9.17, 15) is 4.79 Å². The molecule has 0 bridgehead atoms. The van der Waals surface area contributed by atoms with Crippen LogP contribution in [0.4, 0.5) is 5.82 Å². The summed E-state index contributed by atoms with van der Waals surface area (Å²) in [6.45, 7) is 1.37. The molecule has 1 atom stereocenters. The first kappa shape index (κ1) is 15.5. The van der Waals surface area contributed by atoms with Gasteiger partial charge in [0, 0.05) is 31.4 Å². The molecule has 1 aliphatic rings. The molecule has 3 heterocycles. The lowest BCUT2D eigenvalue weighted by atomic mass is 10.1. The molecule has 2 N–H and O–H groups in total. The number of para-hydroxylation sites is 1. The Kier molecular flexibility index (Phi) is 4.02. The molecule has 0 aliphatic carbocycles. The van der Waals surface area contributed by atoms with E-state index in [4.69, 9.17) is 4.74 Å². The first-order valence-electron chi connectivity index (χ1n) is 8.10. The molecule has 1 aromatic carbocycles. The Morgan fingerprint density at radius 1 is 1.32 bits per heavy atom. The van der Waals surface area contributed by atoms with Crippen LogP contribution in [0.1, 0.15) is 22.3 Å². The van der Waals surface area contributed by atoms with E-state index in [1.54, 1.807) is 24.3 Å². The molecule has 25 heavy (non-hydrogen) atoms. The number of aromatic amines is 1. The van der Waals surface area contributed by atoms with Crippen molar-refractivity contribution < 1.29 is 9.53 Å². The zero-order chi connectivity index (χ0) is 17.2. The highest BCUT2D eigenvalue weighted by Gasteiger charge is 2.30. The summed E-state index contributed by atoms with van der Waals surface area (Å²) in [6, 6.07) is 7.61. The van der Waals surface area contributed by atoms with Crippen molar-refractivity contribution in [2.45, 2.75) is 6.10 Å². The zero-order valence-corrected chi connectivity index (χ0v) is 13.8. The van der Waals surface area contributed by atoms with Crippen molar-refractivity contribution >= 4 is 22.6 Å². The fourth-order valence-electron chi connectivity index (χ4n) is 3.05. The van der Waals surface area contributed by atoms with Gasteiger partial charge in [-0.05, 0) is 6.07 Å². The average molecular weight is 338 g/mol. The summed E-state index contributed by atoms with van der Waals surface area (Å²) >= 11 is 0. The number of carbonyl (C=O) groups excluding carboxylic acids is 1. The highest BCUT2D eigenvalue weighted by molar-refractivity contribution is 6.04. The number of anilines is 1. The predicted octanol–water partition coefficient (Wildman–Crippen LogP) is 1.61. The Labute approximate surface area is 144 Å². The Balaban J connectivity index is 1.60. The molecule has 1 saturated heterocycles. The van der Waals surface area contributed by atoms with Crippen LogP contribution in [0.3, 0.4) is 0 Å². The van der Waals surface area contributed by atoms with Gasteiger partial charge >= 0.3 is 0 Å².